The van der Waals surface area contributed by atoms with Crippen LogP contribution in [0, 0.1) is 5.92 Å². The van der Waals surface area contributed by atoms with Crippen molar-refractivity contribution in [2.24, 2.45) is 5.92 Å². The quantitative estimate of drug-likeness (QED) is 0.330. The first kappa shape index (κ1) is 35.8. The molecule has 2 heterocycles. The topological polar surface area (TPSA) is 143 Å². The Balaban J connectivity index is 1.67. The van der Waals surface area contributed by atoms with E-state index in [1.807, 2.05) is 13.8 Å². The van der Waals surface area contributed by atoms with E-state index >= 15 is 0 Å². The van der Waals surface area contributed by atoms with Crippen LogP contribution in [0.3, 0.4) is 0 Å². The molecule has 3 aromatic rings. The van der Waals surface area contributed by atoms with Gasteiger partial charge in [-0.25, -0.2) is 16.8 Å². The molecule has 0 aliphatic carbocycles. The lowest BCUT2D eigenvalue weighted by atomic mass is 10.0. The molecular formula is C32H43N3O8S3. The summed E-state index contributed by atoms with van der Waals surface area (Å²) in [5.74, 6) is -0.509. The van der Waals surface area contributed by atoms with E-state index in [0.29, 0.717) is 18.8 Å². The van der Waals surface area contributed by atoms with Gasteiger partial charge in [-0.2, -0.15) is 4.31 Å². The molecule has 2 N–H and O–H groups in total. The van der Waals surface area contributed by atoms with E-state index in [9.17, 15) is 26.7 Å². The van der Waals surface area contributed by atoms with Crippen LogP contribution in [-0.2, 0) is 24.8 Å². The predicted molar refractivity (Wildman–Crippen MR) is 178 cm³/mol. The maximum atomic E-state index is 14.3. The predicted octanol–water partition coefficient (Wildman–Crippen LogP) is 4.67. The molecule has 0 saturated carbocycles. The number of ether oxygens (including phenoxy) is 2. The number of aliphatic hydroxyl groups is 1. The van der Waals surface area contributed by atoms with Crippen LogP contribution in [0.5, 0.6) is 5.75 Å². The molecule has 11 nitrogen and oxygen atoms in total. The zero-order chi connectivity index (χ0) is 33.5. The molecular weight excluding hydrogens is 651 g/mol. The van der Waals surface area contributed by atoms with Crippen LogP contribution in [0.4, 0.5) is 5.69 Å². The van der Waals surface area contributed by atoms with Crippen LogP contribution in [0.15, 0.2) is 75.1 Å². The van der Waals surface area contributed by atoms with Crippen molar-refractivity contribution in [1.82, 2.24) is 9.21 Å². The van der Waals surface area contributed by atoms with Crippen molar-refractivity contribution >= 4 is 43.0 Å². The molecule has 1 aliphatic rings. The summed E-state index contributed by atoms with van der Waals surface area (Å²) in [6.07, 6.45) is 1.34. The lowest BCUT2D eigenvalue weighted by Gasteiger charge is -2.35. The first-order valence-corrected chi connectivity index (χ1v) is 19.1. The molecule has 0 fully saturated rings. The minimum absolute atomic E-state index is 0.0542. The lowest BCUT2D eigenvalue weighted by Crippen LogP contribution is -2.48. The van der Waals surface area contributed by atoms with Crippen LogP contribution < -0.4 is 9.46 Å². The molecule has 1 amide bonds. The Hall–Kier alpha value is -3.01. The third kappa shape index (κ3) is 8.87. The van der Waals surface area contributed by atoms with E-state index in [4.69, 9.17) is 9.47 Å². The first-order valence-electron chi connectivity index (χ1n) is 15.2. The summed E-state index contributed by atoms with van der Waals surface area (Å²) >= 11 is 1.08. The largest absolute Gasteiger partial charge is 0.490 e. The minimum atomic E-state index is -3.88. The molecule has 4 atom stereocenters. The normalized spacial score (nSPS) is 21.2. The maximum absolute atomic E-state index is 14.3. The van der Waals surface area contributed by atoms with Gasteiger partial charge in [0.25, 0.3) is 15.9 Å². The van der Waals surface area contributed by atoms with Crippen molar-refractivity contribution in [2.45, 2.75) is 67.4 Å². The third-order valence-corrected chi connectivity index (χ3v) is 12.6. The number of rotatable bonds is 9. The van der Waals surface area contributed by atoms with E-state index < -0.39 is 38.1 Å². The highest BCUT2D eigenvalue weighted by molar-refractivity contribution is 7.94. The average Bonchev–Trinajstić information content (AvgIpc) is 3.59. The molecule has 0 bridgehead atoms. The highest BCUT2D eigenvalue weighted by Crippen LogP contribution is 2.30. The number of fused-ring (bicyclic) bond motifs is 1. The number of hydrogen-bond donors (Lipinski definition) is 2. The molecule has 14 heteroatoms. The average molecular weight is 694 g/mol. The number of anilines is 1. The van der Waals surface area contributed by atoms with Gasteiger partial charge in [-0.3, -0.25) is 9.52 Å². The van der Waals surface area contributed by atoms with E-state index in [1.54, 1.807) is 60.8 Å². The number of carbonyl (C=O) groups excluding carboxylic acids is 1. The minimum Gasteiger partial charge on any atom is -0.490 e. The van der Waals surface area contributed by atoms with Crippen LogP contribution in [0.25, 0.3) is 0 Å². The Morgan fingerprint density at radius 1 is 1.07 bits per heavy atom. The molecule has 4 rings (SSSR count). The Kier molecular flexibility index (Phi) is 12.2. The molecule has 0 unspecified atom stereocenters. The summed E-state index contributed by atoms with van der Waals surface area (Å²) in [6.45, 7) is 5.75. The molecule has 46 heavy (non-hydrogen) atoms. The number of likely N-dealkylation sites (N-methyl/N-ethyl adjacent to an activating group) is 1. The van der Waals surface area contributed by atoms with Gasteiger partial charge < -0.3 is 19.5 Å². The van der Waals surface area contributed by atoms with Gasteiger partial charge in [-0.05, 0) is 74.9 Å². The van der Waals surface area contributed by atoms with Gasteiger partial charge in [-0.15, -0.1) is 11.3 Å². The number of nitrogens with zero attached hydrogens (tertiary/aromatic N) is 2. The van der Waals surface area contributed by atoms with Crippen molar-refractivity contribution < 1.29 is 36.2 Å². The number of thiophene rings is 1. The second kappa shape index (κ2) is 15.7. The maximum Gasteiger partial charge on any atom is 0.271 e. The van der Waals surface area contributed by atoms with Gasteiger partial charge >= 0.3 is 0 Å². The van der Waals surface area contributed by atoms with E-state index in [0.717, 1.165) is 24.2 Å². The third-order valence-electron chi connectivity index (χ3n) is 7.95. The molecule has 1 aliphatic heterocycles. The van der Waals surface area contributed by atoms with Crippen LogP contribution in [0.2, 0.25) is 0 Å². The van der Waals surface area contributed by atoms with Crippen molar-refractivity contribution in [3.8, 4) is 5.75 Å². The summed E-state index contributed by atoms with van der Waals surface area (Å²) in [5, 5.41) is 11.8. The number of amides is 1. The van der Waals surface area contributed by atoms with Crippen molar-refractivity contribution in [3.63, 3.8) is 0 Å². The van der Waals surface area contributed by atoms with Crippen molar-refractivity contribution in [3.05, 3.63) is 71.6 Å². The van der Waals surface area contributed by atoms with Gasteiger partial charge in [0.05, 0.1) is 35.3 Å². The van der Waals surface area contributed by atoms with Gasteiger partial charge in [0, 0.05) is 38.3 Å². The van der Waals surface area contributed by atoms with Crippen molar-refractivity contribution in [2.75, 3.05) is 38.1 Å². The van der Waals surface area contributed by atoms with Gasteiger partial charge in [0.2, 0.25) is 10.0 Å². The number of nitrogens with one attached hydrogen (secondary N) is 1. The fraction of sp³-hybridized carbons (Fsp3) is 0.469. The zero-order valence-corrected chi connectivity index (χ0v) is 29.0. The molecule has 0 radical (unpaired) electrons. The first-order chi connectivity index (χ1) is 21.8. The van der Waals surface area contributed by atoms with E-state index in [2.05, 4.69) is 4.72 Å². The van der Waals surface area contributed by atoms with Crippen LogP contribution >= 0.6 is 11.3 Å². The highest BCUT2D eigenvalue weighted by atomic mass is 32.2. The smallest absolute Gasteiger partial charge is 0.271 e. The Labute approximate surface area is 276 Å². The van der Waals surface area contributed by atoms with E-state index in [1.165, 1.54) is 28.4 Å². The van der Waals surface area contributed by atoms with Crippen LogP contribution in [-0.4, -0.2) is 88.7 Å². The fourth-order valence-corrected chi connectivity index (χ4v) is 8.44. The summed E-state index contributed by atoms with van der Waals surface area (Å²) in [5.41, 5.74) is 0.334. The van der Waals surface area contributed by atoms with Gasteiger partial charge in [0.15, 0.2) is 0 Å². The fourth-order valence-electron chi connectivity index (χ4n) is 5.19. The van der Waals surface area contributed by atoms with Gasteiger partial charge in [-0.1, -0.05) is 31.2 Å². The summed E-state index contributed by atoms with van der Waals surface area (Å²) in [7, 11) is -6.16. The SMILES string of the molecule is C[C@@H]1CCCCO[C@H](CN(C)S(=O)(=O)c2ccccc2)[C@@H](C)CN([C@@H](C)CO)C(=O)c2cc(NS(=O)(=O)c3cccs3)ccc2O1. The molecule has 1 aromatic heterocycles. The monoisotopic (exact) mass is 693 g/mol. The number of carbonyl (C=O) groups is 1. The number of sulfonamides is 2. The van der Waals surface area contributed by atoms with Crippen LogP contribution in [0.1, 0.15) is 50.4 Å². The lowest BCUT2D eigenvalue weighted by molar-refractivity contribution is -0.00833. The summed E-state index contributed by atoms with van der Waals surface area (Å²) in [6, 6.07) is 15.3. The standard InChI is InChI=1S/C32H43N3O8S3/c1-23-20-35(24(2)22-36)32(37)28-19-26(33-45(38,39)31-14-10-18-44-31)15-16-29(28)43-25(3)11-8-9-17-42-30(23)21-34(4)46(40,41)27-12-6-5-7-13-27/h5-7,10,12-16,18-19,23-25,30,33,36H,8-9,11,17,20-22H2,1-4H3/t23-,24-,25+,30+/m0/s1. The summed E-state index contributed by atoms with van der Waals surface area (Å²) < 4.78 is 69.1. The number of aliphatic hydroxyl groups excluding tert-OH is 1. The number of benzene rings is 2. The number of hydrogen-bond acceptors (Lipinski definition) is 9. The molecule has 0 saturated heterocycles. The second-order valence-corrected chi connectivity index (χ2v) is 16.5. The van der Waals surface area contributed by atoms with Gasteiger partial charge in [0.1, 0.15) is 9.96 Å². The Morgan fingerprint density at radius 2 is 1.80 bits per heavy atom. The molecule has 2 aromatic carbocycles. The van der Waals surface area contributed by atoms with Crippen molar-refractivity contribution in [1.29, 1.82) is 0 Å². The molecule has 0 spiro atoms. The second-order valence-electron chi connectivity index (χ2n) is 11.6. The Morgan fingerprint density at radius 3 is 2.48 bits per heavy atom. The zero-order valence-electron chi connectivity index (χ0n) is 26.5. The molecule has 252 valence electrons. The highest BCUT2D eigenvalue weighted by Gasteiger charge is 2.32. The summed E-state index contributed by atoms with van der Waals surface area (Å²) in [4.78, 5) is 16.0. The van der Waals surface area contributed by atoms with E-state index in [-0.39, 0.29) is 52.1 Å². The Bertz CT molecular complexity index is 1650.